The first-order chi connectivity index (χ1) is 11.7. The molecule has 0 bridgehead atoms. The zero-order chi connectivity index (χ0) is 16.6. The van der Waals surface area contributed by atoms with Gasteiger partial charge in [-0.15, -0.1) is 0 Å². The predicted octanol–water partition coefficient (Wildman–Crippen LogP) is 2.29. The van der Waals surface area contributed by atoms with Gasteiger partial charge in [-0.1, -0.05) is 18.2 Å². The highest BCUT2D eigenvalue weighted by molar-refractivity contribution is 7.90. The largest absolute Gasteiger partial charge is 0.369 e. The van der Waals surface area contributed by atoms with Crippen LogP contribution >= 0.6 is 0 Å². The zero-order valence-electron chi connectivity index (χ0n) is 13.2. The zero-order valence-corrected chi connectivity index (χ0v) is 14.0. The van der Waals surface area contributed by atoms with E-state index in [4.69, 9.17) is 0 Å². The first-order valence-corrected chi connectivity index (χ1v) is 9.48. The number of rotatable bonds is 3. The standard InChI is InChI=1S/C18H19N3O2S/c22-24(23,17-4-2-1-3-5-17)21-11-8-15-14-16(6-7-18(15)21)20-12-9-19-10-13-20/h1-8,11,14,19H,9-10,12-13H2. The second kappa shape index (κ2) is 5.96. The third-order valence-corrected chi connectivity index (χ3v) is 6.12. The summed E-state index contributed by atoms with van der Waals surface area (Å²) in [4.78, 5) is 2.62. The van der Waals surface area contributed by atoms with Gasteiger partial charge in [0.15, 0.2) is 0 Å². The number of fused-ring (bicyclic) bond motifs is 1. The summed E-state index contributed by atoms with van der Waals surface area (Å²) in [6, 6.07) is 16.4. The highest BCUT2D eigenvalue weighted by atomic mass is 32.2. The number of piperazine rings is 1. The van der Waals surface area contributed by atoms with Crippen LogP contribution in [0.2, 0.25) is 0 Å². The van der Waals surface area contributed by atoms with E-state index in [-0.39, 0.29) is 0 Å². The van der Waals surface area contributed by atoms with E-state index in [0.717, 1.165) is 37.3 Å². The van der Waals surface area contributed by atoms with Crippen LogP contribution in [-0.2, 0) is 10.0 Å². The molecule has 5 nitrogen and oxygen atoms in total. The van der Waals surface area contributed by atoms with Crippen LogP contribution < -0.4 is 10.2 Å². The van der Waals surface area contributed by atoms with E-state index in [9.17, 15) is 8.42 Å². The quantitative estimate of drug-likeness (QED) is 0.794. The van der Waals surface area contributed by atoms with Crippen molar-refractivity contribution in [2.45, 2.75) is 4.90 Å². The molecule has 1 N–H and O–H groups in total. The smallest absolute Gasteiger partial charge is 0.268 e. The van der Waals surface area contributed by atoms with E-state index >= 15 is 0 Å². The van der Waals surface area contributed by atoms with Crippen molar-refractivity contribution in [2.75, 3.05) is 31.1 Å². The Morgan fingerprint density at radius 2 is 1.67 bits per heavy atom. The Hall–Kier alpha value is -2.31. The van der Waals surface area contributed by atoms with E-state index in [1.54, 1.807) is 30.5 Å². The Labute approximate surface area is 141 Å². The van der Waals surface area contributed by atoms with E-state index in [2.05, 4.69) is 16.3 Å². The fraction of sp³-hybridized carbons (Fsp3) is 0.222. The molecule has 0 unspecified atom stereocenters. The van der Waals surface area contributed by atoms with Crippen LogP contribution in [0.4, 0.5) is 5.69 Å². The van der Waals surface area contributed by atoms with Crippen LogP contribution in [0.1, 0.15) is 0 Å². The molecule has 0 amide bonds. The van der Waals surface area contributed by atoms with Gasteiger partial charge in [0, 0.05) is 43.4 Å². The number of hydrogen-bond acceptors (Lipinski definition) is 4. The van der Waals surface area contributed by atoms with Crippen molar-refractivity contribution in [1.82, 2.24) is 9.29 Å². The fourth-order valence-corrected chi connectivity index (χ4v) is 4.51. The molecule has 0 saturated carbocycles. The third kappa shape index (κ3) is 2.57. The van der Waals surface area contributed by atoms with Gasteiger partial charge >= 0.3 is 0 Å². The monoisotopic (exact) mass is 341 g/mol. The molecule has 24 heavy (non-hydrogen) atoms. The Kier molecular flexibility index (Phi) is 3.78. The molecule has 3 aromatic rings. The first kappa shape index (κ1) is 15.2. The number of hydrogen-bond donors (Lipinski definition) is 1. The van der Waals surface area contributed by atoms with Crippen molar-refractivity contribution >= 4 is 26.6 Å². The van der Waals surface area contributed by atoms with Gasteiger partial charge in [0.05, 0.1) is 10.4 Å². The highest BCUT2D eigenvalue weighted by Crippen LogP contribution is 2.26. The van der Waals surface area contributed by atoms with Crippen molar-refractivity contribution < 1.29 is 8.42 Å². The van der Waals surface area contributed by atoms with Crippen molar-refractivity contribution in [1.29, 1.82) is 0 Å². The highest BCUT2D eigenvalue weighted by Gasteiger charge is 2.19. The molecule has 0 spiro atoms. The van der Waals surface area contributed by atoms with Gasteiger partial charge < -0.3 is 10.2 Å². The normalized spacial score (nSPS) is 15.8. The minimum absolute atomic E-state index is 0.300. The summed E-state index contributed by atoms with van der Waals surface area (Å²) in [5.41, 5.74) is 1.84. The van der Waals surface area contributed by atoms with E-state index in [1.165, 1.54) is 3.97 Å². The van der Waals surface area contributed by atoms with Crippen molar-refractivity contribution in [3.63, 3.8) is 0 Å². The van der Waals surface area contributed by atoms with Gasteiger partial charge in [0.25, 0.3) is 10.0 Å². The third-order valence-electron chi connectivity index (χ3n) is 4.42. The maximum absolute atomic E-state index is 12.8. The van der Waals surface area contributed by atoms with E-state index in [0.29, 0.717) is 10.4 Å². The predicted molar refractivity (Wildman–Crippen MR) is 96.0 cm³/mol. The molecule has 6 heteroatoms. The van der Waals surface area contributed by atoms with Gasteiger partial charge in [-0.3, -0.25) is 0 Å². The lowest BCUT2D eigenvalue weighted by atomic mass is 10.2. The second-order valence-electron chi connectivity index (χ2n) is 5.91. The summed E-state index contributed by atoms with van der Waals surface area (Å²) in [5, 5.41) is 4.27. The molecule has 124 valence electrons. The molecule has 1 aliphatic heterocycles. The molecular formula is C18H19N3O2S. The van der Waals surface area contributed by atoms with Crippen LogP contribution in [0, 0.1) is 0 Å². The molecule has 0 aliphatic carbocycles. The SMILES string of the molecule is O=S(=O)(c1ccccc1)n1ccc2cc(N3CCNCC3)ccc21. The van der Waals surface area contributed by atoms with Gasteiger partial charge in [-0.25, -0.2) is 12.4 Å². The summed E-state index contributed by atoms with van der Waals surface area (Å²) in [5.74, 6) is 0. The van der Waals surface area contributed by atoms with Crippen molar-refractivity contribution in [2.24, 2.45) is 0 Å². The van der Waals surface area contributed by atoms with Gasteiger partial charge in [0.2, 0.25) is 0 Å². The molecule has 0 radical (unpaired) electrons. The summed E-state index contributed by atoms with van der Waals surface area (Å²) in [7, 11) is -3.57. The lowest BCUT2D eigenvalue weighted by molar-refractivity contribution is 0.589. The summed E-state index contributed by atoms with van der Waals surface area (Å²) < 4.78 is 27.0. The molecular weight excluding hydrogens is 322 g/mol. The summed E-state index contributed by atoms with van der Waals surface area (Å²) >= 11 is 0. The average molecular weight is 341 g/mol. The topological polar surface area (TPSA) is 54.3 Å². The Balaban J connectivity index is 1.76. The number of nitrogens with one attached hydrogen (secondary N) is 1. The van der Waals surface area contributed by atoms with Crippen LogP contribution in [0.3, 0.4) is 0 Å². The summed E-state index contributed by atoms with van der Waals surface area (Å²) in [6.07, 6.45) is 1.63. The molecule has 1 saturated heterocycles. The molecule has 1 fully saturated rings. The van der Waals surface area contributed by atoms with Gasteiger partial charge in [-0.05, 0) is 36.4 Å². The Morgan fingerprint density at radius 1 is 0.917 bits per heavy atom. The maximum atomic E-state index is 12.8. The molecule has 4 rings (SSSR count). The van der Waals surface area contributed by atoms with Crippen molar-refractivity contribution in [3.8, 4) is 0 Å². The molecule has 1 aliphatic rings. The number of anilines is 1. The molecule has 1 aromatic heterocycles. The molecule has 2 aromatic carbocycles. The van der Waals surface area contributed by atoms with Crippen molar-refractivity contribution in [3.05, 3.63) is 60.8 Å². The summed E-state index contributed by atoms with van der Waals surface area (Å²) in [6.45, 7) is 3.88. The average Bonchev–Trinajstić information content (AvgIpc) is 3.07. The lowest BCUT2D eigenvalue weighted by Crippen LogP contribution is -2.43. The Bertz CT molecular complexity index is 958. The lowest BCUT2D eigenvalue weighted by Gasteiger charge is -2.29. The van der Waals surface area contributed by atoms with Crippen LogP contribution in [0.15, 0.2) is 65.7 Å². The van der Waals surface area contributed by atoms with E-state index < -0.39 is 10.0 Å². The van der Waals surface area contributed by atoms with Gasteiger partial charge in [0.1, 0.15) is 0 Å². The minimum Gasteiger partial charge on any atom is -0.369 e. The molecule has 2 heterocycles. The fourth-order valence-electron chi connectivity index (χ4n) is 3.14. The number of benzene rings is 2. The van der Waals surface area contributed by atoms with Gasteiger partial charge in [-0.2, -0.15) is 0 Å². The second-order valence-corrected chi connectivity index (χ2v) is 7.72. The number of aromatic nitrogens is 1. The van der Waals surface area contributed by atoms with Crippen LogP contribution in [0.5, 0.6) is 0 Å². The molecule has 0 atom stereocenters. The maximum Gasteiger partial charge on any atom is 0.268 e. The van der Waals surface area contributed by atoms with Crippen LogP contribution in [-0.4, -0.2) is 38.6 Å². The Morgan fingerprint density at radius 3 is 2.42 bits per heavy atom. The first-order valence-electron chi connectivity index (χ1n) is 8.04. The van der Waals surface area contributed by atoms with Crippen LogP contribution in [0.25, 0.3) is 10.9 Å². The minimum atomic E-state index is -3.57. The van der Waals surface area contributed by atoms with E-state index in [1.807, 2.05) is 24.3 Å². The number of nitrogens with zero attached hydrogens (tertiary/aromatic N) is 2.